The van der Waals surface area contributed by atoms with Crippen molar-refractivity contribution in [2.24, 2.45) is 0 Å². The highest BCUT2D eigenvalue weighted by atomic mass is 19.1. The van der Waals surface area contributed by atoms with E-state index in [0.717, 1.165) is 84.6 Å². The van der Waals surface area contributed by atoms with Crippen molar-refractivity contribution in [2.45, 2.75) is 0 Å². The van der Waals surface area contributed by atoms with Gasteiger partial charge in [0.1, 0.15) is 5.82 Å². The summed E-state index contributed by atoms with van der Waals surface area (Å²) in [6, 6.07) is 92.1. The summed E-state index contributed by atoms with van der Waals surface area (Å²) in [7, 11) is 0. The fourth-order valence-corrected chi connectivity index (χ4v) is 8.31. The van der Waals surface area contributed by atoms with Crippen molar-refractivity contribution in [1.82, 2.24) is 0 Å². The molecule has 0 saturated heterocycles. The maximum Gasteiger partial charge on any atom is 0.123 e. The Morgan fingerprint density at radius 2 is 0.328 bits per heavy atom. The molecule has 0 aromatic heterocycles. The Kier molecular flexibility index (Phi) is 11.3. The average Bonchev–Trinajstić information content (AvgIpc) is 3.37. The first kappa shape index (κ1) is 39.7. The molecule has 0 bridgehead atoms. The van der Waals surface area contributed by atoms with Crippen molar-refractivity contribution in [3.63, 3.8) is 0 Å². The normalized spacial score (nSPS) is 10.9. The van der Waals surface area contributed by atoms with E-state index >= 15 is 0 Å². The molecule has 0 fully saturated rings. The summed E-state index contributed by atoms with van der Waals surface area (Å²) in [6.45, 7) is 0. The first-order valence-corrected chi connectivity index (χ1v) is 21.5. The highest BCUT2D eigenvalue weighted by Gasteiger charge is 2.17. The highest BCUT2D eigenvalue weighted by molar-refractivity contribution is 5.83. The van der Waals surface area contributed by atoms with Crippen LogP contribution in [0.2, 0.25) is 0 Å². The smallest absolute Gasteiger partial charge is 0.123 e. The van der Waals surface area contributed by atoms with Crippen molar-refractivity contribution in [3.05, 3.63) is 273 Å². The second kappa shape index (κ2) is 18.3. The number of hydrogen-bond donors (Lipinski definition) is 0. The van der Waals surface area contributed by atoms with Gasteiger partial charge in [-0.25, -0.2) is 4.39 Å². The van der Waals surface area contributed by atoms with E-state index in [9.17, 15) is 4.39 Å². The number of nitrogens with zero attached hydrogens (tertiary/aromatic N) is 3. The topological polar surface area (TPSA) is 9.72 Å². The molecule has 0 atom stereocenters. The molecule has 0 unspecified atom stereocenters. The molecule has 0 aliphatic rings. The maximum absolute atomic E-state index is 13.8. The Morgan fingerprint density at radius 1 is 0.172 bits per heavy atom. The zero-order chi connectivity index (χ0) is 43.1. The van der Waals surface area contributed by atoms with Crippen LogP contribution in [-0.4, -0.2) is 0 Å². The average molecular weight is 826 g/mol. The molecular weight excluding hydrogens is 782 g/mol. The summed E-state index contributed by atoms with van der Waals surface area (Å²) in [6.07, 6.45) is 0. The van der Waals surface area contributed by atoms with Gasteiger partial charge in [-0.15, -0.1) is 0 Å². The van der Waals surface area contributed by atoms with E-state index in [0.29, 0.717) is 0 Å². The number of rotatable bonds is 12. The van der Waals surface area contributed by atoms with Gasteiger partial charge in [0.15, 0.2) is 0 Å². The second-order valence-electron chi connectivity index (χ2n) is 15.6. The minimum absolute atomic E-state index is 0.243. The molecular formula is C60H44FN3. The SMILES string of the molecule is Fc1ccc(-c2ccc(N(c3ccc(-c4ccc(N(c5ccccc5)c5ccccc5)cc4)cc3)c3ccc(-c4ccc(N(c5ccccc5)c5ccccc5)cc4)cc3)cc2)cc1. The van der Waals surface area contributed by atoms with Crippen LogP contribution in [0.1, 0.15) is 0 Å². The lowest BCUT2D eigenvalue weighted by Gasteiger charge is -2.27. The van der Waals surface area contributed by atoms with E-state index in [1.165, 1.54) is 12.1 Å². The third-order valence-electron chi connectivity index (χ3n) is 11.5. The predicted octanol–water partition coefficient (Wildman–Crippen LogP) is 17.2. The Morgan fingerprint density at radius 3 is 0.516 bits per heavy atom. The lowest BCUT2D eigenvalue weighted by molar-refractivity contribution is 0.628. The van der Waals surface area contributed by atoms with Crippen molar-refractivity contribution in [1.29, 1.82) is 0 Å². The van der Waals surface area contributed by atoms with Gasteiger partial charge in [0.2, 0.25) is 0 Å². The third-order valence-corrected chi connectivity index (χ3v) is 11.5. The van der Waals surface area contributed by atoms with Gasteiger partial charge in [0.25, 0.3) is 0 Å². The van der Waals surface area contributed by atoms with E-state index in [1.54, 1.807) is 0 Å². The molecule has 0 aliphatic carbocycles. The molecule has 0 spiro atoms. The van der Waals surface area contributed by atoms with Crippen LogP contribution < -0.4 is 14.7 Å². The fourth-order valence-electron chi connectivity index (χ4n) is 8.31. The third kappa shape index (κ3) is 8.54. The second-order valence-corrected chi connectivity index (χ2v) is 15.6. The lowest BCUT2D eigenvalue weighted by Crippen LogP contribution is -2.10. The summed E-state index contributed by atoms with van der Waals surface area (Å²) < 4.78 is 13.8. The van der Waals surface area contributed by atoms with E-state index in [4.69, 9.17) is 0 Å². The van der Waals surface area contributed by atoms with Crippen LogP contribution >= 0.6 is 0 Å². The number of para-hydroxylation sites is 4. The molecule has 306 valence electrons. The summed E-state index contributed by atoms with van der Waals surface area (Å²) in [5.41, 5.74) is 16.2. The van der Waals surface area contributed by atoms with Crippen molar-refractivity contribution >= 4 is 51.2 Å². The molecule has 10 aromatic carbocycles. The van der Waals surface area contributed by atoms with Gasteiger partial charge in [-0.3, -0.25) is 0 Å². The Labute approximate surface area is 374 Å². The summed E-state index contributed by atoms with van der Waals surface area (Å²) in [5, 5.41) is 0. The van der Waals surface area contributed by atoms with Crippen molar-refractivity contribution < 1.29 is 4.39 Å². The van der Waals surface area contributed by atoms with Gasteiger partial charge in [0.05, 0.1) is 0 Å². The number of benzene rings is 10. The van der Waals surface area contributed by atoms with Crippen LogP contribution in [0.3, 0.4) is 0 Å². The number of anilines is 9. The summed E-state index contributed by atoms with van der Waals surface area (Å²) in [4.78, 5) is 6.83. The highest BCUT2D eigenvalue weighted by Crippen LogP contribution is 2.40. The maximum atomic E-state index is 13.8. The van der Waals surface area contributed by atoms with Crippen LogP contribution in [0, 0.1) is 5.82 Å². The molecule has 0 N–H and O–H groups in total. The van der Waals surface area contributed by atoms with Crippen LogP contribution in [0.5, 0.6) is 0 Å². The predicted molar refractivity (Wildman–Crippen MR) is 267 cm³/mol. The van der Waals surface area contributed by atoms with E-state index in [1.807, 2.05) is 36.4 Å². The molecule has 64 heavy (non-hydrogen) atoms. The largest absolute Gasteiger partial charge is 0.311 e. The fraction of sp³-hybridized carbons (Fsp3) is 0. The molecule has 4 heteroatoms. The number of halogens is 1. The quantitative estimate of drug-likeness (QED) is 0.121. The molecule has 0 radical (unpaired) electrons. The van der Waals surface area contributed by atoms with Crippen molar-refractivity contribution in [2.75, 3.05) is 14.7 Å². The van der Waals surface area contributed by atoms with Gasteiger partial charge in [-0.05, 0) is 155 Å². The minimum atomic E-state index is -0.243. The van der Waals surface area contributed by atoms with E-state index in [2.05, 4.69) is 233 Å². The van der Waals surface area contributed by atoms with Gasteiger partial charge < -0.3 is 14.7 Å². The molecule has 3 nitrogen and oxygen atoms in total. The molecule has 0 heterocycles. The van der Waals surface area contributed by atoms with Crippen LogP contribution in [0.25, 0.3) is 33.4 Å². The summed E-state index contributed by atoms with van der Waals surface area (Å²) >= 11 is 0. The monoisotopic (exact) mass is 825 g/mol. The Balaban J connectivity index is 0.948. The molecule has 10 aromatic rings. The zero-order valence-corrected chi connectivity index (χ0v) is 35.1. The molecule has 10 rings (SSSR count). The standard InChI is InChI=1S/C60H44FN3/c61-51-33-21-45(22-34-51)46-23-39-58(40-24-46)64(59-41-29-49(30-42-59)47-25-35-56(36-26-47)62(52-13-5-1-6-14-52)53-15-7-2-8-16-53)60-43-31-50(32-44-60)48-27-37-57(38-28-48)63(54-17-9-3-10-18-54)55-19-11-4-12-20-55/h1-44H. The van der Waals surface area contributed by atoms with Crippen LogP contribution in [-0.2, 0) is 0 Å². The lowest BCUT2D eigenvalue weighted by atomic mass is 10.0. The molecule has 0 saturated carbocycles. The van der Waals surface area contributed by atoms with Crippen molar-refractivity contribution in [3.8, 4) is 33.4 Å². The van der Waals surface area contributed by atoms with E-state index in [-0.39, 0.29) is 5.82 Å². The first-order chi connectivity index (χ1) is 31.6. The minimum Gasteiger partial charge on any atom is -0.311 e. The Bertz CT molecular complexity index is 2780. The summed E-state index contributed by atoms with van der Waals surface area (Å²) in [5.74, 6) is -0.243. The van der Waals surface area contributed by atoms with Crippen LogP contribution in [0.15, 0.2) is 267 Å². The van der Waals surface area contributed by atoms with Gasteiger partial charge in [0, 0.05) is 51.2 Å². The van der Waals surface area contributed by atoms with Gasteiger partial charge >= 0.3 is 0 Å². The van der Waals surface area contributed by atoms with Crippen LogP contribution in [0.4, 0.5) is 55.6 Å². The molecule has 0 aliphatic heterocycles. The zero-order valence-electron chi connectivity index (χ0n) is 35.1. The Hall–Kier alpha value is -8.47. The molecule has 0 amide bonds. The number of hydrogen-bond acceptors (Lipinski definition) is 3. The van der Waals surface area contributed by atoms with Gasteiger partial charge in [-0.2, -0.15) is 0 Å². The van der Waals surface area contributed by atoms with Gasteiger partial charge in [-0.1, -0.05) is 146 Å². The van der Waals surface area contributed by atoms with E-state index < -0.39 is 0 Å². The first-order valence-electron chi connectivity index (χ1n) is 21.5.